The van der Waals surface area contributed by atoms with Crippen LogP contribution in [0.1, 0.15) is 5.69 Å². The molecule has 5 heterocycles. The van der Waals surface area contributed by atoms with Crippen molar-refractivity contribution in [3.8, 4) is 5.82 Å². The minimum absolute atomic E-state index is 0.0255. The summed E-state index contributed by atoms with van der Waals surface area (Å²) in [4.78, 5) is 22.8. The molecule has 0 aromatic carbocycles. The Morgan fingerprint density at radius 3 is 2.55 bits per heavy atom. The van der Waals surface area contributed by atoms with Crippen molar-refractivity contribution in [3.05, 3.63) is 52.8 Å². The van der Waals surface area contributed by atoms with Gasteiger partial charge in [0.05, 0.1) is 47.7 Å². The highest BCUT2D eigenvalue weighted by atomic mass is 35.5. The van der Waals surface area contributed by atoms with Gasteiger partial charge in [0.1, 0.15) is 5.69 Å². The summed E-state index contributed by atoms with van der Waals surface area (Å²) in [5, 5.41) is 24.6. The second-order valence-corrected chi connectivity index (χ2v) is 7.75. The summed E-state index contributed by atoms with van der Waals surface area (Å²) in [7, 11) is 0. The van der Waals surface area contributed by atoms with Gasteiger partial charge in [-0.05, 0) is 6.07 Å². The van der Waals surface area contributed by atoms with Crippen molar-refractivity contribution in [1.82, 2.24) is 34.6 Å². The number of amides is 2. The summed E-state index contributed by atoms with van der Waals surface area (Å²) in [5.41, 5.74) is -4.33. The number of carbonyl (C=O) groups excluding carboxylic acids is 1. The van der Waals surface area contributed by atoms with E-state index in [0.29, 0.717) is 4.90 Å². The maximum absolute atomic E-state index is 13.9. The van der Waals surface area contributed by atoms with Gasteiger partial charge in [0.25, 0.3) is 0 Å². The van der Waals surface area contributed by atoms with E-state index in [1.807, 2.05) is 0 Å². The van der Waals surface area contributed by atoms with Crippen LogP contribution in [0.25, 0.3) is 11.5 Å². The fourth-order valence-electron chi connectivity index (χ4n) is 3.44. The van der Waals surface area contributed by atoms with Gasteiger partial charge in [-0.2, -0.15) is 28.5 Å². The number of rotatable bonds is 2. The Hall–Kier alpha value is -3.49. The Labute approximate surface area is 191 Å². The summed E-state index contributed by atoms with van der Waals surface area (Å²) in [6, 6.07) is 1.57. The van der Waals surface area contributed by atoms with Crippen LogP contribution in [0.4, 0.5) is 29.3 Å². The van der Waals surface area contributed by atoms with Gasteiger partial charge in [-0.1, -0.05) is 23.2 Å². The van der Waals surface area contributed by atoms with Crippen LogP contribution < -0.4 is 10.2 Å². The summed E-state index contributed by atoms with van der Waals surface area (Å²) < 4.78 is 42.5. The van der Waals surface area contributed by atoms with Gasteiger partial charge in [-0.25, -0.2) is 19.3 Å². The average molecular weight is 500 g/mol. The molecule has 0 spiro atoms. The van der Waals surface area contributed by atoms with E-state index >= 15 is 0 Å². The van der Waals surface area contributed by atoms with Crippen LogP contribution in [0, 0.1) is 0 Å². The number of fused-ring (bicyclic) bond motifs is 3. The average Bonchev–Trinajstić information content (AvgIpc) is 3.45. The number of pyridine rings is 1. The van der Waals surface area contributed by atoms with Gasteiger partial charge in [-0.3, -0.25) is 4.90 Å². The highest BCUT2D eigenvalue weighted by molar-refractivity contribution is 6.32. The predicted molar refractivity (Wildman–Crippen MR) is 108 cm³/mol. The molecule has 4 aromatic heterocycles. The predicted octanol–water partition coefficient (Wildman–Crippen LogP) is 2.81. The SMILES string of the molecule is O=C(Nc1cnc(-n2nccn2)c(Cl)c1)N1CC(O)(C(F)(F)F)c2c1cnc1cc(Cl)nn21. The van der Waals surface area contributed by atoms with Gasteiger partial charge in [0.15, 0.2) is 16.6 Å². The second-order valence-electron chi connectivity index (χ2n) is 6.95. The molecule has 0 radical (unpaired) electrons. The molecule has 2 amide bonds. The topological polar surface area (TPSA) is 126 Å². The Morgan fingerprint density at radius 1 is 1.15 bits per heavy atom. The van der Waals surface area contributed by atoms with Crippen LogP contribution in [0.15, 0.2) is 36.9 Å². The maximum Gasteiger partial charge on any atom is 0.424 e. The van der Waals surface area contributed by atoms with Gasteiger partial charge >= 0.3 is 12.2 Å². The van der Waals surface area contributed by atoms with Gasteiger partial charge in [-0.15, -0.1) is 4.80 Å². The van der Waals surface area contributed by atoms with Gasteiger partial charge in [0, 0.05) is 6.07 Å². The molecule has 11 nitrogen and oxygen atoms in total. The van der Waals surface area contributed by atoms with Crippen LogP contribution in [0.5, 0.6) is 0 Å². The van der Waals surface area contributed by atoms with Crippen molar-refractivity contribution in [2.24, 2.45) is 0 Å². The smallest absolute Gasteiger partial charge is 0.374 e. The van der Waals surface area contributed by atoms with Gasteiger partial charge in [0.2, 0.25) is 5.60 Å². The molecule has 4 aromatic rings. The van der Waals surface area contributed by atoms with Crippen molar-refractivity contribution in [2.75, 3.05) is 16.8 Å². The number of halogens is 5. The van der Waals surface area contributed by atoms with Crippen LogP contribution in [-0.4, -0.2) is 58.4 Å². The van der Waals surface area contributed by atoms with E-state index in [1.165, 1.54) is 30.7 Å². The zero-order valence-electron chi connectivity index (χ0n) is 16.0. The molecule has 1 unspecified atom stereocenters. The third-order valence-electron chi connectivity index (χ3n) is 4.90. The third kappa shape index (κ3) is 3.34. The van der Waals surface area contributed by atoms with Crippen molar-refractivity contribution >= 4 is 46.3 Å². The van der Waals surface area contributed by atoms with E-state index in [1.54, 1.807) is 0 Å². The summed E-state index contributed by atoms with van der Waals surface area (Å²) in [6.07, 6.45) is -0.0449. The lowest BCUT2D eigenvalue weighted by molar-refractivity contribution is -0.260. The first-order valence-electron chi connectivity index (χ1n) is 9.03. The Balaban J connectivity index is 1.51. The first-order chi connectivity index (χ1) is 15.6. The quantitative estimate of drug-likeness (QED) is 0.434. The number of hydrogen-bond donors (Lipinski definition) is 2. The summed E-state index contributed by atoms with van der Waals surface area (Å²) >= 11 is 12.0. The molecule has 33 heavy (non-hydrogen) atoms. The second kappa shape index (κ2) is 7.26. The molecule has 2 N–H and O–H groups in total. The zero-order chi connectivity index (χ0) is 23.5. The van der Waals surface area contributed by atoms with Crippen molar-refractivity contribution in [2.45, 2.75) is 11.8 Å². The van der Waals surface area contributed by atoms with Crippen LogP contribution in [0.3, 0.4) is 0 Å². The standard InChI is InChI=1S/C17H10Cl2F3N9O2/c18-9-3-8(5-24-14(9)31-25-1-2-26-31)27-15(32)29-7-16(33,17(20,21)22)13-10(29)6-23-12-4-11(19)28-30(12)13/h1-6,33H,7H2,(H,27,32). The largest absolute Gasteiger partial charge is 0.424 e. The lowest BCUT2D eigenvalue weighted by Crippen LogP contribution is -2.48. The number of carbonyl (C=O) groups is 1. The Bertz CT molecular complexity index is 1390. The molecule has 170 valence electrons. The molecule has 0 saturated heterocycles. The fourth-order valence-corrected chi connectivity index (χ4v) is 3.85. The normalized spacial score (nSPS) is 18.1. The van der Waals surface area contributed by atoms with Crippen LogP contribution >= 0.6 is 23.2 Å². The van der Waals surface area contributed by atoms with E-state index < -0.39 is 30.0 Å². The number of anilines is 2. The van der Waals surface area contributed by atoms with Gasteiger partial charge < -0.3 is 10.4 Å². The van der Waals surface area contributed by atoms with E-state index in [9.17, 15) is 23.1 Å². The third-order valence-corrected chi connectivity index (χ3v) is 5.36. The first-order valence-corrected chi connectivity index (χ1v) is 9.79. The molecule has 1 aliphatic heterocycles. The maximum atomic E-state index is 13.9. The Kier molecular flexibility index (Phi) is 4.70. The number of aliphatic hydroxyl groups is 1. The molecule has 1 atom stereocenters. The summed E-state index contributed by atoms with van der Waals surface area (Å²) in [6.45, 7) is -1.13. The van der Waals surface area contributed by atoms with E-state index in [2.05, 4.69) is 30.6 Å². The van der Waals surface area contributed by atoms with Crippen molar-refractivity contribution in [3.63, 3.8) is 0 Å². The number of nitrogens with one attached hydrogen (secondary N) is 1. The number of alkyl halides is 3. The van der Waals surface area contributed by atoms with E-state index in [-0.39, 0.29) is 33.0 Å². The molecule has 1 aliphatic rings. The molecular weight excluding hydrogens is 490 g/mol. The number of nitrogens with zero attached hydrogens (tertiary/aromatic N) is 8. The van der Waals surface area contributed by atoms with Crippen molar-refractivity contribution in [1.29, 1.82) is 0 Å². The number of urea groups is 1. The van der Waals surface area contributed by atoms with E-state index in [0.717, 1.165) is 15.5 Å². The molecule has 0 aliphatic carbocycles. The minimum Gasteiger partial charge on any atom is -0.374 e. The molecule has 16 heteroatoms. The molecule has 5 rings (SSSR count). The Morgan fingerprint density at radius 2 is 1.88 bits per heavy atom. The number of β-amino-alcohol motifs (C(OH)–C–C–N with tert-alkyl or cyclic N) is 1. The minimum atomic E-state index is -5.13. The molecule has 0 fully saturated rings. The highest BCUT2D eigenvalue weighted by Gasteiger charge is 2.63. The number of hydrogen-bond acceptors (Lipinski definition) is 7. The fraction of sp³-hybridized carbons (Fsp3) is 0.176. The highest BCUT2D eigenvalue weighted by Crippen LogP contribution is 2.48. The molecule has 0 saturated carbocycles. The van der Waals surface area contributed by atoms with E-state index in [4.69, 9.17) is 23.2 Å². The van der Waals surface area contributed by atoms with Crippen LogP contribution in [-0.2, 0) is 5.60 Å². The molecule has 0 bridgehead atoms. The number of aromatic nitrogens is 7. The molecular formula is C17H10Cl2F3N9O2. The lowest BCUT2D eigenvalue weighted by atomic mass is 10.0. The monoisotopic (exact) mass is 499 g/mol. The zero-order valence-corrected chi connectivity index (χ0v) is 17.5. The first kappa shape index (κ1) is 21.4. The van der Waals surface area contributed by atoms with Crippen molar-refractivity contribution < 1.29 is 23.1 Å². The van der Waals surface area contributed by atoms with Crippen LogP contribution in [0.2, 0.25) is 10.2 Å². The summed E-state index contributed by atoms with van der Waals surface area (Å²) in [5.74, 6) is 0.180. The lowest BCUT2D eigenvalue weighted by Gasteiger charge is -2.26.